The van der Waals surface area contributed by atoms with Crippen LogP contribution in [0.3, 0.4) is 0 Å². The molecule has 0 saturated heterocycles. The molecule has 3 nitrogen and oxygen atoms in total. The van der Waals surface area contributed by atoms with Crippen LogP contribution in [0.4, 0.5) is 5.69 Å². The molecule has 0 aromatic heterocycles. The molecular formula is C18H20N2OS. The fourth-order valence-electron chi connectivity index (χ4n) is 2.88. The number of thiocarbonyl (C=S) groups is 1. The van der Waals surface area contributed by atoms with E-state index in [-0.39, 0.29) is 0 Å². The molecule has 0 radical (unpaired) electrons. The summed E-state index contributed by atoms with van der Waals surface area (Å²) < 4.78 is 5.17. The molecule has 3 rings (SSSR count). The van der Waals surface area contributed by atoms with Gasteiger partial charge in [-0.15, -0.1) is 0 Å². The van der Waals surface area contributed by atoms with Crippen molar-refractivity contribution in [3.05, 3.63) is 59.7 Å². The van der Waals surface area contributed by atoms with Crippen molar-refractivity contribution in [3.8, 4) is 5.75 Å². The van der Waals surface area contributed by atoms with E-state index < -0.39 is 0 Å². The van der Waals surface area contributed by atoms with E-state index in [1.165, 1.54) is 16.8 Å². The summed E-state index contributed by atoms with van der Waals surface area (Å²) in [5, 5.41) is 4.15. The zero-order chi connectivity index (χ0) is 15.5. The highest BCUT2D eigenvalue weighted by Crippen LogP contribution is 2.31. The Kier molecular flexibility index (Phi) is 4.29. The summed E-state index contributed by atoms with van der Waals surface area (Å²) >= 11 is 5.60. The lowest BCUT2D eigenvalue weighted by molar-refractivity contribution is 0.414. The minimum absolute atomic E-state index is 0.397. The monoisotopic (exact) mass is 312 g/mol. The van der Waals surface area contributed by atoms with Gasteiger partial charge in [0, 0.05) is 18.3 Å². The summed E-state index contributed by atoms with van der Waals surface area (Å²) in [5.41, 5.74) is 3.77. The van der Waals surface area contributed by atoms with Crippen LogP contribution in [-0.2, 0) is 13.0 Å². The lowest BCUT2D eigenvalue weighted by atomic mass is 10.1. The van der Waals surface area contributed by atoms with Crippen LogP contribution in [0.15, 0.2) is 48.5 Å². The van der Waals surface area contributed by atoms with E-state index in [4.69, 9.17) is 17.0 Å². The number of nitrogens with one attached hydrogen (secondary N) is 1. The third-order valence-electron chi connectivity index (χ3n) is 4.03. The van der Waals surface area contributed by atoms with Crippen LogP contribution in [0, 0.1) is 0 Å². The third kappa shape index (κ3) is 2.92. The number of benzene rings is 2. The van der Waals surface area contributed by atoms with Crippen molar-refractivity contribution in [2.24, 2.45) is 0 Å². The van der Waals surface area contributed by atoms with Gasteiger partial charge in [0.2, 0.25) is 0 Å². The highest BCUT2D eigenvalue weighted by atomic mass is 32.1. The molecule has 0 amide bonds. The Labute approximate surface area is 136 Å². The molecule has 0 saturated carbocycles. The van der Waals surface area contributed by atoms with Crippen LogP contribution in [0.1, 0.15) is 18.1 Å². The van der Waals surface area contributed by atoms with E-state index in [1.54, 1.807) is 7.11 Å². The average molecular weight is 312 g/mol. The Morgan fingerprint density at radius 3 is 2.68 bits per heavy atom. The fourth-order valence-corrected chi connectivity index (χ4v) is 3.23. The van der Waals surface area contributed by atoms with E-state index in [9.17, 15) is 0 Å². The van der Waals surface area contributed by atoms with Crippen molar-refractivity contribution in [1.29, 1.82) is 0 Å². The Bertz CT molecular complexity index is 669. The van der Waals surface area contributed by atoms with Gasteiger partial charge in [-0.2, -0.15) is 0 Å². The van der Waals surface area contributed by atoms with E-state index in [2.05, 4.69) is 53.5 Å². The summed E-state index contributed by atoms with van der Waals surface area (Å²) in [5.74, 6) is 0.869. The maximum Gasteiger partial charge on any atom is 0.174 e. The second kappa shape index (κ2) is 6.36. The third-order valence-corrected chi connectivity index (χ3v) is 4.37. The molecule has 0 spiro atoms. The molecule has 1 aliphatic rings. The van der Waals surface area contributed by atoms with Crippen LogP contribution in [0.2, 0.25) is 0 Å². The molecule has 0 aliphatic carbocycles. The predicted octanol–water partition coefficient (Wildman–Crippen LogP) is 3.52. The fraction of sp³-hybridized carbons (Fsp3) is 0.278. The van der Waals surface area contributed by atoms with Crippen LogP contribution in [0.25, 0.3) is 0 Å². The molecule has 0 fully saturated rings. The van der Waals surface area contributed by atoms with Crippen molar-refractivity contribution in [2.75, 3.05) is 12.0 Å². The number of ether oxygens (including phenoxy) is 1. The van der Waals surface area contributed by atoms with Crippen LogP contribution in [-0.4, -0.2) is 18.3 Å². The number of nitrogens with zero attached hydrogens (tertiary/aromatic N) is 1. The molecule has 1 N–H and O–H groups in total. The van der Waals surface area contributed by atoms with Crippen molar-refractivity contribution in [2.45, 2.75) is 25.9 Å². The molecule has 2 aromatic rings. The van der Waals surface area contributed by atoms with Gasteiger partial charge < -0.3 is 15.0 Å². The Morgan fingerprint density at radius 2 is 1.95 bits per heavy atom. The zero-order valence-electron chi connectivity index (χ0n) is 12.9. The summed E-state index contributed by atoms with van der Waals surface area (Å²) in [6.45, 7) is 2.93. The SMILES string of the molecule is COc1ccc(CNC(=S)N2c3ccccc3C[C@@H]2C)cc1. The first-order valence-electron chi connectivity index (χ1n) is 7.47. The normalized spacial score (nSPS) is 16.3. The number of methoxy groups -OCH3 is 1. The quantitative estimate of drug-likeness (QED) is 0.877. The second-order valence-electron chi connectivity index (χ2n) is 5.56. The minimum atomic E-state index is 0.397. The first-order valence-corrected chi connectivity index (χ1v) is 7.88. The van der Waals surface area contributed by atoms with Gasteiger partial charge in [-0.1, -0.05) is 30.3 Å². The molecule has 0 unspecified atom stereocenters. The maximum absolute atomic E-state index is 5.60. The number of anilines is 1. The molecular weight excluding hydrogens is 292 g/mol. The van der Waals surface area contributed by atoms with Gasteiger partial charge in [0.05, 0.1) is 7.11 Å². The van der Waals surface area contributed by atoms with E-state index in [1.807, 2.05) is 12.1 Å². The van der Waals surface area contributed by atoms with Crippen molar-refractivity contribution >= 4 is 23.0 Å². The topological polar surface area (TPSA) is 24.5 Å². The van der Waals surface area contributed by atoms with Crippen LogP contribution in [0.5, 0.6) is 5.75 Å². The standard InChI is InChI=1S/C18H20N2OS/c1-13-11-15-5-3-4-6-17(15)20(13)18(22)19-12-14-7-9-16(21-2)10-8-14/h3-10,13H,11-12H2,1-2H3,(H,19,22)/t13-/m0/s1. The molecule has 2 aromatic carbocycles. The van der Waals surface area contributed by atoms with Gasteiger partial charge >= 0.3 is 0 Å². The highest BCUT2D eigenvalue weighted by molar-refractivity contribution is 7.80. The number of hydrogen-bond donors (Lipinski definition) is 1. The Hall–Kier alpha value is -2.07. The van der Waals surface area contributed by atoms with Crippen molar-refractivity contribution in [1.82, 2.24) is 5.32 Å². The summed E-state index contributed by atoms with van der Waals surface area (Å²) in [6, 6.07) is 16.9. The van der Waals surface area contributed by atoms with Crippen LogP contribution < -0.4 is 15.0 Å². The summed E-state index contributed by atoms with van der Waals surface area (Å²) in [6.07, 6.45) is 1.04. The number of rotatable bonds is 3. The Balaban J connectivity index is 1.67. The van der Waals surface area contributed by atoms with E-state index in [0.717, 1.165) is 17.3 Å². The van der Waals surface area contributed by atoms with Crippen LogP contribution >= 0.6 is 12.2 Å². The van der Waals surface area contributed by atoms with Gasteiger partial charge in [0.1, 0.15) is 5.75 Å². The summed E-state index contributed by atoms with van der Waals surface area (Å²) in [4.78, 5) is 2.22. The first kappa shape index (κ1) is 14.9. The summed E-state index contributed by atoms with van der Waals surface area (Å²) in [7, 11) is 1.68. The van der Waals surface area contributed by atoms with Crippen molar-refractivity contribution < 1.29 is 4.74 Å². The lowest BCUT2D eigenvalue weighted by Gasteiger charge is -2.26. The van der Waals surface area contributed by atoms with Gasteiger partial charge in [-0.3, -0.25) is 0 Å². The smallest absolute Gasteiger partial charge is 0.174 e. The number of hydrogen-bond acceptors (Lipinski definition) is 2. The molecule has 0 bridgehead atoms. The number of para-hydroxylation sites is 1. The first-order chi connectivity index (χ1) is 10.7. The maximum atomic E-state index is 5.60. The molecule has 22 heavy (non-hydrogen) atoms. The molecule has 114 valence electrons. The van der Waals surface area contributed by atoms with Crippen molar-refractivity contribution in [3.63, 3.8) is 0 Å². The van der Waals surface area contributed by atoms with Gasteiger partial charge in [0.25, 0.3) is 0 Å². The zero-order valence-corrected chi connectivity index (χ0v) is 13.7. The molecule has 1 aliphatic heterocycles. The minimum Gasteiger partial charge on any atom is -0.497 e. The highest BCUT2D eigenvalue weighted by Gasteiger charge is 2.28. The lowest BCUT2D eigenvalue weighted by Crippen LogP contribution is -2.42. The van der Waals surface area contributed by atoms with E-state index >= 15 is 0 Å². The van der Waals surface area contributed by atoms with Gasteiger partial charge in [0.15, 0.2) is 5.11 Å². The number of fused-ring (bicyclic) bond motifs is 1. The molecule has 4 heteroatoms. The van der Waals surface area contributed by atoms with E-state index in [0.29, 0.717) is 12.6 Å². The second-order valence-corrected chi connectivity index (χ2v) is 5.95. The average Bonchev–Trinajstić information content (AvgIpc) is 2.89. The Morgan fingerprint density at radius 1 is 1.23 bits per heavy atom. The predicted molar refractivity (Wildman–Crippen MR) is 94.5 cm³/mol. The largest absolute Gasteiger partial charge is 0.497 e. The molecule has 1 heterocycles. The van der Waals surface area contributed by atoms with Gasteiger partial charge in [-0.25, -0.2) is 0 Å². The molecule has 1 atom stereocenters. The van der Waals surface area contributed by atoms with Gasteiger partial charge in [-0.05, 0) is 54.9 Å².